The van der Waals surface area contributed by atoms with E-state index in [1.54, 1.807) is 13.2 Å². The van der Waals surface area contributed by atoms with Gasteiger partial charge in [0.25, 0.3) is 0 Å². The van der Waals surface area contributed by atoms with E-state index in [1.807, 2.05) is 39.1 Å². The molecular weight excluding hydrogens is 269 g/mol. The third-order valence-electron chi connectivity index (χ3n) is 3.48. The van der Waals surface area contributed by atoms with E-state index in [1.165, 1.54) is 12.1 Å². The first-order valence-electron chi connectivity index (χ1n) is 6.85. The Kier molecular flexibility index (Phi) is 4.81. The Morgan fingerprint density at radius 3 is 2.48 bits per heavy atom. The zero-order valence-corrected chi connectivity index (χ0v) is 12.7. The Morgan fingerprint density at radius 2 is 1.81 bits per heavy atom. The van der Waals surface area contributed by atoms with E-state index in [9.17, 15) is 4.39 Å². The summed E-state index contributed by atoms with van der Waals surface area (Å²) in [7, 11) is 3.49. The van der Waals surface area contributed by atoms with Gasteiger partial charge in [0, 0.05) is 12.1 Å². The van der Waals surface area contributed by atoms with Crippen molar-refractivity contribution in [2.45, 2.75) is 19.9 Å². The Bertz CT molecular complexity index is 628. The molecule has 0 aliphatic carbocycles. The van der Waals surface area contributed by atoms with Crippen LogP contribution in [0.25, 0.3) is 0 Å². The summed E-state index contributed by atoms with van der Waals surface area (Å²) in [5.41, 5.74) is 1.79. The lowest BCUT2D eigenvalue weighted by molar-refractivity contribution is 0.392. The first kappa shape index (κ1) is 15.3. The first-order valence-corrected chi connectivity index (χ1v) is 6.85. The minimum atomic E-state index is -0.318. The van der Waals surface area contributed by atoms with Crippen LogP contribution in [0.3, 0.4) is 0 Å². The maximum Gasteiger partial charge on any atom is 0.135 e. The molecule has 1 N–H and O–H groups in total. The third-order valence-corrected chi connectivity index (χ3v) is 3.48. The van der Waals surface area contributed by atoms with Crippen LogP contribution in [0.5, 0.6) is 17.2 Å². The summed E-state index contributed by atoms with van der Waals surface area (Å²) < 4.78 is 24.7. The summed E-state index contributed by atoms with van der Waals surface area (Å²) in [6, 6.07) is 10.2. The summed E-state index contributed by atoms with van der Waals surface area (Å²) in [6.45, 7) is 3.90. The quantitative estimate of drug-likeness (QED) is 0.894. The molecule has 0 aliphatic heterocycles. The minimum absolute atomic E-state index is 0.0463. The van der Waals surface area contributed by atoms with Crippen molar-refractivity contribution in [1.29, 1.82) is 0 Å². The van der Waals surface area contributed by atoms with Gasteiger partial charge < -0.3 is 14.8 Å². The lowest BCUT2D eigenvalue weighted by Gasteiger charge is -2.20. The predicted molar refractivity (Wildman–Crippen MR) is 81.7 cm³/mol. The van der Waals surface area contributed by atoms with Crippen molar-refractivity contribution in [3.8, 4) is 17.2 Å². The van der Waals surface area contributed by atoms with Gasteiger partial charge in [-0.25, -0.2) is 4.39 Å². The molecular formula is C17H20FNO2. The van der Waals surface area contributed by atoms with Crippen LogP contribution in [-0.4, -0.2) is 14.2 Å². The maximum atomic E-state index is 13.4. The molecule has 0 aliphatic rings. The second-order valence-corrected chi connectivity index (χ2v) is 4.89. The Morgan fingerprint density at radius 1 is 1.10 bits per heavy atom. The Hall–Kier alpha value is -2.07. The van der Waals surface area contributed by atoms with Crippen LogP contribution in [0, 0.1) is 12.7 Å². The molecule has 1 atom stereocenters. The fourth-order valence-electron chi connectivity index (χ4n) is 2.16. The molecule has 4 heteroatoms. The average molecular weight is 289 g/mol. The SMILES string of the molecule is CNC(C)c1c(OC)cccc1Oc1cc(F)ccc1C. The second-order valence-electron chi connectivity index (χ2n) is 4.89. The van der Waals surface area contributed by atoms with Crippen molar-refractivity contribution in [2.75, 3.05) is 14.2 Å². The number of methoxy groups -OCH3 is 1. The highest BCUT2D eigenvalue weighted by Gasteiger charge is 2.17. The van der Waals surface area contributed by atoms with E-state index in [0.717, 1.165) is 16.9 Å². The molecule has 2 aromatic rings. The molecule has 0 spiro atoms. The number of hydrogen-bond acceptors (Lipinski definition) is 3. The fourth-order valence-corrected chi connectivity index (χ4v) is 2.16. The molecule has 0 amide bonds. The Balaban J connectivity index is 2.46. The molecule has 0 radical (unpaired) electrons. The first-order chi connectivity index (χ1) is 10.1. The average Bonchev–Trinajstić information content (AvgIpc) is 2.49. The fraction of sp³-hybridized carbons (Fsp3) is 0.294. The van der Waals surface area contributed by atoms with Crippen LogP contribution in [0.15, 0.2) is 36.4 Å². The monoisotopic (exact) mass is 289 g/mol. The summed E-state index contributed by atoms with van der Waals surface area (Å²) in [5.74, 6) is 1.59. The number of rotatable bonds is 5. The molecule has 21 heavy (non-hydrogen) atoms. The minimum Gasteiger partial charge on any atom is -0.496 e. The van der Waals surface area contributed by atoms with Crippen molar-refractivity contribution in [2.24, 2.45) is 0 Å². The lowest BCUT2D eigenvalue weighted by Crippen LogP contribution is -2.14. The van der Waals surface area contributed by atoms with Gasteiger partial charge in [-0.05, 0) is 44.7 Å². The number of halogens is 1. The highest BCUT2D eigenvalue weighted by atomic mass is 19.1. The van der Waals surface area contributed by atoms with Crippen molar-refractivity contribution in [3.63, 3.8) is 0 Å². The van der Waals surface area contributed by atoms with Crippen LogP contribution in [0.1, 0.15) is 24.1 Å². The summed E-state index contributed by atoms with van der Waals surface area (Å²) in [4.78, 5) is 0. The summed E-state index contributed by atoms with van der Waals surface area (Å²) in [6.07, 6.45) is 0. The van der Waals surface area contributed by atoms with Crippen molar-refractivity contribution < 1.29 is 13.9 Å². The van der Waals surface area contributed by atoms with Gasteiger partial charge in [0.05, 0.1) is 12.7 Å². The lowest BCUT2D eigenvalue weighted by atomic mass is 10.1. The molecule has 0 fully saturated rings. The molecule has 0 heterocycles. The van der Waals surface area contributed by atoms with Gasteiger partial charge >= 0.3 is 0 Å². The molecule has 112 valence electrons. The smallest absolute Gasteiger partial charge is 0.135 e. The molecule has 3 nitrogen and oxygen atoms in total. The molecule has 0 aromatic heterocycles. The predicted octanol–water partition coefficient (Wildman–Crippen LogP) is 4.22. The molecule has 0 saturated heterocycles. The highest BCUT2D eigenvalue weighted by molar-refractivity contribution is 5.49. The van der Waals surface area contributed by atoms with Crippen molar-refractivity contribution in [3.05, 3.63) is 53.3 Å². The third kappa shape index (κ3) is 3.34. The van der Waals surface area contributed by atoms with E-state index >= 15 is 0 Å². The van der Waals surface area contributed by atoms with Crippen LogP contribution in [0.2, 0.25) is 0 Å². The Labute approximate surface area is 124 Å². The number of ether oxygens (including phenoxy) is 2. The van der Waals surface area contributed by atoms with Crippen LogP contribution < -0.4 is 14.8 Å². The highest BCUT2D eigenvalue weighted by Crippen LogP contribution is 2.37. The number of aryl methyl sites for hydroxylation is 1. The van der Waals surface area contributed by atoms with Gasteiger partial charge in [0.1, 0.15) is 23.1 Å². The topological polar surface area (TPSA) is 30.5 Å². The van der Waals surface area contributed by atoms with E-state index in [0.29, 0.717) is 11.5 Å². The van der Waals surface area contributed by atoms with Gasteiger partial charge in [0.2, 0.25) is 0 Å². The van der Waals surface area contributed by atoms with Gasteiger partial charge in [-0.2, -0.15) is 0 Å². The zero-order valence-electron chi connectivity index (χ0n) is 12.7. The van der Waals surface area contributed by atoms with E-state index in [4.69, 9.17) is 9.47 Å². The second kappa shape index (κ2) is 6.59. The number of benzene rings is 2. The normalized spacial score (nSPS) is 12.0. The van der Waals surface area contributed by atoms with E-state index in [2.05, 4.69) is 5.32 Å². The summed E-state index contributed by atoms with van der Waals surface area (Å²) >= 11 is 0. The van der Waals surface area contributed by atoms with Crippen LogP contribution >= 0.6 is 0 Å². The van der Waals surface area contributed by atoms with Crippen molar-refractivity contribution in [1.82, 2.24) is 5.32 Å². The van der Waals surface area contributed by atoms with Gasteiger partial charge in [0.15, 0.2) is 0 Å². The number of nitrogens with one attached hydrogen (secondary N) is 1. The molecule has 0 bridgehead atoms. The molecule has 2 rings (SSSR count). The zero-order chi connectivity index (χ0) is 15.4. The largest absolute Gasteiger partial charge is 0.496 e. The van der Waals surface area contributed by atoms with E-state index in [-0.39, 0.29) is 11.9 Å². The maximum absolute atomic E-state index is 13.4. The summed E-state index contributed by atoms with van der Waals surface area (Å²) in [5, 5.41) is 3.17. The van der Waals surface area contributed by atoms with Gasteiger partial charge in [-0.1, -0.05) is 12.1 Å². The molecule has 1 unspecified atom stereocenters. The number of hydrogen-bond donors (Lipinski definition) is 1. The molecule has 0 saturated carbocycles. The van der Waals surface area contributed by atoms with Gasteiger partial charge in [-0.3, -0.25) is 0 Å². The van der Waals surface area contributed by atoms with Crippen LogP contribution in [0.4, 0.5) is 4.39 Å². The van der Waals surface area contributed by atoms with Crippen molar-refractivity contribution >= 4 is 0 Å². The standard InChI is InChI=1S/C17H20FNO2/c1-11-8-9-13(18)10-16(11)21-15-7-5-6-14(20-4)17(15)12(2)19-3/h5-10,12,19H,1-4H3. The molecule has 2 aromatic carbocycles. The van der Waals surface area contributed by atoms with Gasteiger partial charge in [-0.15, -0.1) is 0 Å². The van der Waals surface area contributed by atoms with Crippen LogP contribution in [-0.2, 0) is 0 Å². The van der Waals surface area contributed by atoms with E-state index < -0.39 is 0 Å².